The monoisotopic (exact) mass is 325 g/mol. The van der Waals surface area contributed by atoms with E-state index in [0.29, 0.717) is 6.54 Å². The fourth-order valence-corrected chi connectivity index (χ4v) is 2.33. The number of amides is 3. The van der Waals surface area contributed by atoms with Crippen LogP contribution in [0.1, 0.15) is 24.9 Å². The summed E-state index contributed by atoms with van der Waals surface area (Å²) in [5.74, 6) is -0.00800. The molecule has 0 heterocycles. The fraction of sp³-hybridized carbons (Fsp3) is 0.263. The van der Waals surface area contributed by atoms with Crippen LogP contribution in [0.3, 0.4) is 0 Å². The van der Waals surface area contributed by atoms with Crippen molar-refractivity contribution in [2.45, 2.75) is 19.4 Å². The van der Waals surface area contributed by atoms with Gasteiger partial charge < -0.3 is 15.5 Å². The zero-order chi connectivity index (χ0) is 17.4. The maximum absolute atomic E-state index is 12.3. The van der Waals surface area contributed by atoms with E-state index >= 15 is 0 Å². The van der Waals surface area contributed by atoms with E-state index in [9.17, 15) is 9.59 Å². The SMILES string of the molecule is CC(c1ccccc1)N(C)C(=O)CCNC(=O)Nc1ccccc1. The Hall–Kier alpha value is -2.82. The van der Waals surface area contributed by atoms with E-state index in [0.717, 1.165) is 11.3 Å². The molecular weight excluding hydrogens is 302 g/mol. The maximum Gasteiger partial charge on any atom is 0.319 e. The van der Waals surface area contributed by atoms with Crippen molar-refractivity contribution in [1.29, 1.82) is 0 Å². The van der Waals surface area contributed by atoms with Crippen molar-refractivity contribution < 1.29 is 9.59 Å². The molecule has 2 aromatic carbocycles. The van der Waals surface area contributed by atoms with E-state index in [1.807, 2.05) is 55.5 Å². The van der Waals surface area contributed by atoms with Crippen molar-refractivity contribution in [1.82, 2.24) is 10.2 Å². The highest BCUT2D eigenvalue weighted by molar-refractivity contribution is 5.89. The van der Waals surface area contributed by atoms with Crippen molar-refractivity contribution in [3.63, 3.8) is 0 Å². The normalized spacial score (nSPS) is 11.4. The van der Waals surface area contributed by atoms with E-state index in [1.54, 1.807) is 24.1 Å². The van der Waals surface area contributed by atoms with Gasteiger partial charge >= 0.3 is 6.03 Å². The molecule has 1 unspecified atom stereocenters. The van der Waals surface area contributed by atoms with E-state index in [-0.39, 0.29) is 24.4 Å². The van der Waals surface area contributed by atoms with Gasteiger partial charge in [-0.2, -0.15) is 0 Å². The first-order chi connectivity index (χ1) is 11.6. The number of nitrogens with one attached hydrogen (secondary N) is 2. The Morgan fingerprint density at radius 3 is 2.21 bits per heavy atom. The minimum Gasteiger partial charge on any atom is -0.339 e. The summed E-state index contributed by atoms with van der Waals surface area (Å²) in [5, 5.41) is 5.42. The van der Waals surface area contributed by atoms with Gasteiger partial charge in [0.05, 0.1) is 6.04 Å². The highest BCUT2D eigenvalue weighted by atomic mass is 16.2. The second-order valence-corrected chi connectivity index (χ2v) is 5.59. The molecule has 0 aliphatic carbocycles. The fourth-order valence-electron chi connectivity index (χ4n) is 2.33. The van der Waals surface area contributed by atoms with Gasteiger partial charge in [0.25, 0.3) is 0 Å². The summed E-state index contributed by atoms with van der Waals surface area (Å²) in [5.41, 5.74) is 1.80. The number of hydrogen-bond donors (Lipinski definition) is 2. The third-order valence-electron chi connectivity index (χ3n) is 3.91. The molecule has 0 fully saturated rings. The van der Waals surface area contributed by atoms with Crippen LogP contribution in [0.5, 0.6) is 0 Å². The van der Waals surface area contributed by atoms with E-state index in [4.69, 9.17) is 0 Å². The van der Waals surface area contributed by atoms with Gasteiger partial charge in [0.1, 0.15) is 0 Å². The number of carbonyl (C=O) groups is 2. The maximum atomic E-state index is 12.3. The highest BCUT2D eigenvalue weighted by Gasteiger charge is 2.16. The lowest BCUT2D eigenvalue weighted by molar-refractivity contribution is -0.131. The summed E-state index contributed by atoms with van der Waals surface area (Å²) >= 11 is 0. The molecule has 0 aliphatic heterocycles. The molecule has 24 heavy (non-hydrogen) atoms. The first-order valence-electron chi connectivity index (χ1n) is 7.98. The zero-order valence-electron chi connectivity index (χ0n) is 14.0. The predicted molar refractivity (Wildman–Crippen MR) is 95.7 cm³/mol. The molecule has 2 N–H and O–H groups in total. The van der Waals surface area contributed by atoms with Crippen LogP contribution in [0.4, 0.5) is 10.5 Å². The molecule has 0 saturated carbocycles. The van der Waals surface area contributed by atoms with Crippen molar-refractivity contribution in [2.75, 3.05) is 18.9 Å². The van der Waals surface area contributed by atoms with Crippen LogP contribution in [-0.2, 0) is 4.79 Å². The zero-order valence-corrected chi connectivity index (χ0v) is 14.0. The topological polar surface area (TPSA) is 61.4 Å². The molecule has 0 bridgehead atoms. The van der Waals surface area contributed by atoms with Crippen LogP contribution in [0.25, 0.3) is 0 Å². The van der Waals surface area contributed by atoms with Crippen LogP contribution in [0.15, 0.2) is 60.7 Å². The van der Waals surface area contributed by atoms with Gasteiger partial charge in [-0.25, -0.2) is 4.79 Å². The number of benzene rings is 2. The molecular formula is C19H23N3O2. The lowest BCUT2D eigenvalue weighted by Crippen LogP contribution is -2.35. The third kappa shape index (κ3) is 5.12. The minimum atomic E-state index is -0.312. The summed E-state index contributed by atoms with van der Waals surface area (Å²) in [6.07, 6.45) is 0.260. The standard InChI is InChI=1S/C19H23N3O2/c1-15(16-9-5-3-6-10-16)22(2)18(23)13-14-20-19(24)21-17-11-7-4-8-12-17/h3-12,15H,13-14H2,1-2H3,(H2,20,21,24). The van der Waals surface area contributed by atoms with Gasteiger partial charge in [0.15, 0.2) is 0 Å². The summed E-state index contributed by atoms with van der Waals surface area (Å²) < 4.78 is 0. The van der Waals surface area contributed by atoms with Crippen molar-refractivity contribution in [3.05, 3.63) is 66.2 Å². The molecule has 1 atom stereocenters. The molecule has 0 radical (unpaired) electrons. The van der Waals surface area contributed by atoms with Gasteiger partial charge in [-0.05, 0) is 24.6 Å². The van der Waals surface area contributed by atoms with Crippen molar-refractivity contribution in [2.24, 2.45) is 0 Å². The number of hydrogen-bond acceptors (Lipinski definition) is 2. The second-order valence-electron chi connectivity index (χ2n) is 5.59. The van der Waals surface area contributed by atoms with Crippen molar-refractivity contribution >= 4 is 17.6 Å². The smallest absolute Gasteiger partial charge is 0.319 e. The molecule has 2 rings (SSSR count). The molecule has 5 heteroatoms. The average Bonchev–Trinajstić information content (AvgIpc) is 2.62. The Kier molecular flexibility index (Phi) is 6.37. The first-order valence-corrected chi connectivity index (χ1v) is 7.98. The lowest BCUT2D eigenvalue weighted by Gasteiger charge is -2.25. The molecule has 126 valence electrons. The Balaban J connectivity index is 1.75. The largest absolute Gasteiger partial charge is 0.339 e. The molecule has 0 aromatic heterocycles. The van der Waals surface area contributed by atoms with Gasteiger partial charge in [0.2, 0.25) is 5.91 Å². The van der Waals surface area contributed by atoms with Gasteiger partial charge in [-0.15, -0.1) is 0 Å². The summed E-state index contributed by atoms with van der Waals surface area (Å²) in [6.45, 7) is 2.28. The lowest BCUT2D eigenvalue weighted by atomic mass is 10.1. The number of urea groups is 1. The molecule has 2 aromatic rings. The van der Waals surface area contributed by atoms with Gasteiger partial charge in [-0.1, -0.05) is 48.5 Å². The van der Waals surface area contributed by atoms with Gasteiger partial charge in [0, 0.05) is 25.7 Å². The Bertz CT molecular complexity index is 659. The van der Waals surface area contributed by atoms with Crippen LogP contribution in [0.2, 0.25) is 0 Å². The molecule has 0 spiro atoms. The van der Waals surface area contributed by atoms with Gasteiger partial charge in [-0.3, -0.25) is 4.79 Å². The van der Waals surface area contributed by atoms with Crippen LogP contribution < -0.4 is 10.6 Å². The van der Waals surface area contributed by atoms with Crippen LogP contribution >= 0.6 is 0 Å². The average molecular weight is 325 g/mol. The van der Waals surface area contributed by atoms with E-state index < -0.39 is 0 Å². The molecule has 3 amide bonds. The summed E-state index contributed by atoms with van der Waals surface area (Å²) in [6, 6.07) is 18.7. The molecule has 5 nitrogen and oxygen atoms in total. The Labute approximate surface area is 142 Å². The van der Waals surface area contributed by atoms with E-state index in [2.05, 4.69) is 10.6 Å². The highest BCUT2D eigenvalue weighted by Crippen LogP contribution is 2.18. The third-order valence-corrected chi connectivity index (χ3v) is 3.91. The Morgan fingerprint density at radius 1 is 1.00 bits per heavy atom. The molecule has 0 saturated heterocycles. The number of carbonyl (C=O) groups excluding carboxylic acids is 2. The number of nitrogens with zero attached hydrogens (tertiary/aromatic N) is 1. The second kappa shape index (κ2) is 8.72. The quantitative estimate of drug-likeness (QED) is 0.855. The summed E-state index contributed by atoms with van der Waals surface area (Å²) in [7, 11) is 1.78. The molecule has 0 aliphatic rings. The van der Waals surface area contributed by atoms with Crippen molar-refractivity contribution in [3.8, 4) is 0 Å². The van der Waals surface area contributed by atoms with Crippen LogP contribution in [0, 0.1) is 0 Å². The summed E-state index contributed by atoms with van der Waals surface area (Å²) in [4.78, 5) is 25.7. The van der Waals surface area contributed by atoms with E-state index in [1.165, 1.54) is 0 Å². The Morgan fingerprint density at radius 2 is 1.58 bits per heavy atom. The number of anilines is 1. The number of rotatable bonds is 6. The minimum absolute atomic E-state index is 0.00292. The number of para-hydroxylation sites is 1. The first kappa shape index (κ1) is 17.5. The predicted octanol–water partition coefficient (Wildman–Crippen LogP) is 3.42. The van der Waals surface area contributed by atoms with Crippen LogP contribution in [-0.4, -0.2) is 30.4 Å².